The molecular weight excluding hydrogens is 246 g/mol. The van der Waals surface area contributed by atoms with E-state index in [1.54, 1.807) is 0 Å². The van der Waals surface area contributed by atoms with E-state index < -0.39 is 0 Å². The predicted octanol–water partition coefficient (Wildman–Crippen LogP) is 4.82. The second-order valence-electron chi connectivity index (χ2n) is 4.07. The van der Waals surface area contributed by atoms with Crippen LogP contribution >= 0.6 is 11.6 Å². The molecule has 0 aliphatic heterocycles. The van der Waals surface area contributed by atoms with E-state index in [9.17, 15) is 0 Å². The van der Waals surface area contributed by atoms with Gasteiger partial charge in [-0.05, 0) is 30.3 Å². The van der Waals surface area contributed by atoms with Crippen molar-refractivity contribution in [1.82, 2.24) is 0 Å². The average molecular weight is 260 g/mol. The summed E-state index contributed by atoms with van der Waals surface area (Å²) in [6.07, 6.45) is 0. The van der Waals surface area contributed by atoms with Gasteiger partial charge < -0.3 is 4.90 Å². The number of rotatable bonds is 3. The second-order valence-corrected chi connectivity index (χ2v) is 4.47. The summed E-state index contributed by atoms with van der Waals surface area (Å²) >= 11 is 6.16. The van der Waals surface area contributed by atoms with Crippen LogP contribution in [-0.4, -0.2) is 14.1 Å². The van der Waals surface area contributed by atoms with Crippen LogP contribution in [0.5, 0.6) is 0 Å². The highest BCUT2D eigenvalue weighted by molar-refractivity contribution is 6.33. The van der Waals surface area contributed by atoms with Gasteiger partial charge in [-0.15, -0.1) is 5.11 Å². The summed E-state index contributed by atoms with van der Waals surface area (Å²) in [4.78, 5) is 1.99. The lowest BCUT2D eigenvalue weighted by Gasteiger charge is -2.12. The third-order valence-corrected chi connectivity index (χ3v) is 2.78. The minimum atomic E-state index is 0.598. The van der Waals surface area contributed by atoms with Crippen LogP contribution < -0.4 is 4.90 Å². The molecule has 0 aliphatic rings. The van der Waals surface area contributed by atoms with E-state index in [2.05, 4.69) is 10.2 Å². The van der Waals surface area contributed by atoms with Crippen LogP contribution in [0.2, 0.25) is 5.02 Å². The fraction of sp³-hybridized carbons (Fsp3) is 0.143. The molecule has 0 fully saturated rings. The lowest BCUT2D eigenvalue weighted by atomic mass is 10.3. The number of azo groups is 1. The van der Waals surface area contributed by atoms with Crippen LogP contribution in [0, 0.1) is 0 Å². The molecule has 0 aliphatic carbocycles. The van der Waals surface area contributed by atoms with Crippen LogP contribution in [0.1, 0.15) is 0 Å². The SMILES string of the molecule is CN(C)c1ccc(/N=N/c2ccccc2)c(Cl)c1. The lowest BCUT2D eigenvalue weighted by Crippen LogP contribution is -2.07. The van der Waals surface area contributed by atoms with Crippen molar-refractivity contribution in [3.63, 3.8) is 0 Å². The maximum atomic E-state index is 6.16. The van der Waals surface area contributed by atoms with Gasteiger partial charge in [0.2, 0.25) is 0 Å². The molecule has 2 rings (SSSR count). The van der Waals surface area contributed by atoms with E-state index in [0.717, 1.165) is 11.4 Å². The molecule has 0 heterocycles. The minimum Gasteiger partial charge on any atom is -0.378 e. The zero-order chi connectivity index (χ0) is 13.0. The van der Waals surface area contributed by atoms with E-state index >= 15 is 0 Å². The summed E-state index contributed by atoms with van der Waals surface area (Å²) in [5.74, 6) is 0. The first-order chi connectivity index (χ1) is 8.66. The average Bonchev–Trinajstić information content (AvgIpc) is 2.38. The summed E-state index contributed by atoms with van der Waals surface area (Å²) in [5, 5.41) is 8.89. The molecule has 0 N–H and O–H groups in total. The van der Waals surface area contributed by atoms with Crippen LogP contribution in [0.15, 0.2) is 58.8 Å². The number of hydrogen-bond donors (Lipinski definition) is 0. The van der Waals surface area contributed by atoms with Gasteiger partial charge in [0.15, 0.2) is 0 Å². The Bertz CT molecular complexity index is 550. The molecule has 0 bridgehead atoms. The van der Waals surface area contributed by atoms with Crippen molar-refractivity contribution >= 4 is 28.7 Å². The van der Waals surface area contributed by atoms with Gasteiger partial charge in [-0.3, -0.25) is 0 Å². The highest BCUT2D eigenvalue weighted by Crippen LogP contribution is 2.30. The van der Waals surface area contributed by atoms with Crippen LogP contribution in [0.25, 0.3) is 0 Å². The number of benzene rings is 2. The minimum absolute atomic E-state index is 0.598. The number of hydrogen-bond acceptors (Lipinski definition) is 3. The van der Waals surface area contributed by atoms with Crippen molar-refractivity contribution in [3.05, 3.63) is 53.6 Å². The maximum Gasteiger partial charge on any atom is 0.104 e. The normalized spacial score (nSPS) is 10.8. The van der Waals surface area contributed by atoms with Crippen molar-refractivity contribution in [2.45, 2.75) is 0 Å². The smallest absolute Gasteiger partial charge is 0.104 e. The van der Waals surface area contributed by atoms with Gasteiger partial charge in [0, 0.05) is 19.8 Å². The molecule has 18 heavy (non-hydrogen) atoms. The quantitative estimate of drug-likeness (QED) is 0.726. The molecule has 0 aromatic heterocycles. The van der Waals surface area contributed by atoms with Crippen molar-refractivity contribution in [2.24, 2.45) is 10.2 Å². The number of halogens is 1. The first-order valence-corrected chi connectivity index (χ1v) is 5.98. The predicted molar refractivity (Wildman–Crippen MR) is 76.4 cm³/mol. The molecule has 3 nitrogen and oxygen atoms in total. The fourth-order valence-electron chi connectivity index (χ4n) is 1.46. The Morgan fingerprint density at radius 1 is 0.944 bits per heavy atom. The first kappa shape index (κ1) is 12.6. The molecular formula is C14H14ClN3. The zero-order valence-electron chi connectivity index (χ0n) is 10.3. The molecule has 0 saturated heterocycles. The topological polar surface area (TPSA) is 28.0 Å². The highest BCUT2D eigenvalue weighted by Gasteiger charge is 2.02. The van der Waals surface area contributed by atoms with Gasteiger partial charge >= 0.3 is 0 Å². The zero-order valence-corrected chi connectivity index (χ0v) is 11.1. The summed E-state index contributed by atoms with van der Waals surface area (Å²) in [6.45, 7) is 0. The summed E-state index contributed by atoms with van der Waals surface area (Å²) in [5.41, 5.74) is 2.52. The first-order valence-electron chi connectivity index (χ1n) is 5.60. The molecule has 0 atom stereocenters. The van der Waals surface area contributed by atoms with E-state index in [1.165, 1.54) is 0 Å². The Kier molecular flexibility index (Phi) is 3.95. The molecule has 2 aromatic carbocycles. The lowest BCUT2D eigenvalue weighted by molar-refractivity contribution is 1.13. The Balaban J connectivity index is 2.22. The monoisotopic (exact) mass is 259 g/mol. The second kappa shape index (κ2) is 5.65. The van der Waals surface area contributed by atoms with E-state index in [1.807, 2.05) is 67.5 Å². The van der Waals surface area contributed by atoms with Gasteiger partial charge in [-0.25, -0.2) is 0 Å². The third-order valence-electron chi connectivity index (χ3n) is 2.48. The molecule has 92 valence electrons. The van der Waals surface area contributed by atoms with Gasteiger partial charge in [0.05, 0.1) is 10.7 Å². The number of nitrogens with zero attached hydrogens (tertiary/aromatic N) is 3. The molecule has 2 aromatic rings. The molecule has 0 radical (unpaired) electrons. The van der Waals surface area contributed by atoms with Gasteiger partial charge in [0.25, 0.3) is 0 Å². The highest BCUT2D eigenvalue weighted by atomic mass is 35.5. The van der Waals surface area contributed by atoms with Crippen molar-refractivity contribution in [2.75, 3.05) is 19.0 Å². The molecule has 4 heteroatoms. The van der Waals surface area contributed by atoms with Crippen molar-refractivity contribution in [1.29, 1.82) is 0 Å². The summed E-state index contributed by atoms with van der Waals surface area (Å²) in [6, 6.07) is 15.3. The van der Waals surface area contributed by atoms with Crippen LogP contribution in [0.4, 0.5) is 17.1 Å². The van der Waals surface area contributed by atoms with Gasteiger partial charge in [-0.1, -0.05) is 29.8 Å². The summed E-state index contributed by atoms with van der Waals surface area (Å²) in [7, 11) is 3.94. The fourth-order valence-corrected chi connectivity index (χ4v) is 1.67. The van der Waals surface area contributed by atoms with Crippen molar-refractivity contribution < 1.29 is 0 Å². The Hall–Kier alpha value is -1.87. The third kappa shape index (κ3) is 3.08. The van der Waals surface area contributed by atoms with Gasteiger partial charge in [0.1, 0.15) is 5.69 Å². The Labute approximate surface area is 112 Å². The van der Waals surface area contributed by atoms with E-state index in [-0.39, 0.29) is 0 Å². The van der Waals surface area contributed by atoms with Crippen LogP contribution in [0.3, 0.4) is 0 Å². The standard InChI is InChI=1S/C14H14ClN3/c1-18(2)12-8-9-14(13(15)10-12)17-16-11-6-4-3-5-7-11/h3-10H,1-2H3/b17-16+. The Morgan fingerprint density at radius 3 is 2.28 bits per heavy atom. The molecule has 0 amide bonds. The maximum absolute atomic E-state index is 6.16. The summed E-state index contributed by atoms with van der Waals surface area (Å²) < 4.78 is 0. The van der Waals surface area contributed by atoms with Gasteiger partial charge in [-0.2, -0.15) is 5.11 Å². The van der Waals surface area contributed by atoms with E-state index in [4.69, 9.17) is 11.6 Å². The number of anilines is 1. The molecule has 0 spiro atoms. The largest absolute Gasteiger partial charge is 0.378 e. The Morgan fingerprint density at radius 2 is 1.67 bits per heavy atom. The van der Waals surface area contributed by atoms with Crippen molar-refractivity contribution in [3.8, 4) is 0 Å². The van der Waals surface area contributed by atoms with E-state index in [0.29, 0.717) is 10.7 Å². The van der Waals surface area contributed by atoms with Crippen LogP contribution in [-0.2, 0) is 0 Å². The molecule has 0 saturated carbocycles. The molecule has 0 unspecified atom stereocenters.